The van der Waals surface area contributed by atoms with Gasteiger partial charge in [0.2, 0.25) is 0 Å². The average Bonchev–Trinajstić information content (AvgIpc) is 2.22. The van der Waals surface area contributed by atoms with Crippen molar-refractivity contribution >= 4 is 5.69 Å². The van der Waals surface area contributed by atoms with Crippen LogP contribution in [0.3, 0.4) is 0 Å². The maximum Gasteiger partial charge on any atom is 0.0393 e. The first-order chi connectivity index (χ1) is 7.65. The number of rotatable bonds is 2. The number of aryl methyl sites for hydroxylation is 1. The van der Waals surface area contributed by atoms with Crippen LogP contribution in [0.4, 0.5) is 5.69 Å². The van der Waals surface area contributed by atoms with E-state index in [9.17, 15) is 0 Å². The largest absolute Gasteiger partial charge is 0.382 e. The highest BCUT2D eigenvalue weighted by Crippen LogP contribution is 2.20. The first-order valence-electron chi connectivity index (χ1n) is 6.03. The first-order valence-corrected chi connectivity index (χ1v) is 6.03. The highest BCUT2D eigenvalue weighted by atomic mass is 15.1. The van der Waals surface area contributed by atoms with E-state index in [0.717, 1.165) is 5.69 Å². The van der Waals surface area contributed by atoms with E-state index in [1.165, 1.54) is 25.2 Å². The van der Waals surface area contributed by atoms with E-state index in [2.05, 4.69) is 41.3 Å². The molecule has 0 spiro atoms. The van der Waals surface area contributed by atoms with E-state index in [1.807, 2.05) is 13.1 Å². The Hall–Kier alpha value is -1.09. The Morgan fingerprint density at radius 2 is 2.31 bits per heavy atom. The number of hydrogen-bond donors (Lipinski definition) is 1. The molecule has 2 rings (SSSR count). The summed E-state index contributed by atoms with van der Waals surface area (Å²) >= 11 is 0. The topological polar surface area (TPSA) is 28.2 Å². The molecule has 0 amide bonds. The van der Waals surface area contributed by atoms with Crippen molar-refractivity contribution in [2.24, 2.45) is 5.92 Å². The van der Waals surface area contributed by atoms with Crippen molar-refractivity contribution in [2.75, 3.05) is 25.5 Å². The Kier molecular flexibility index (Phi) is 3.44. The van der Waals surface area contributed by atoms with Gasteiger partial charge in [0, 0.05) is 30.2 Å². The molecule has 2 unspecified atom stereocenters. The van der Waals surface area contributed by atoms with Crippen LogP contribution >= 0.6 is 0 Å². The van der Waals surface area contributed by atoms with Gasteiger partial charge in [-0.15, -0.1) is 0 Å². The van der Waals surface area contributed by atoms with Crippen LogP contribution in [-0.4, -0.2) is 36.1 Å². The molecule has 88 valence electrons. The Morgan fingerprint density at radius 1 is 1.50 bits per heavy atom. The number of pyridine rings is 1. The zero-order valence-corrected chi connectivity index (χ0v) is 10.4. The van der Waals surface area contributed by atoms with Crippen molar-refractivity contribution in [3.05, 3.63) is 24.0 Å². The Labute approximate surface area is 97.9 Å². The molecule has 1 aromatic heterocycles. The second kappa shape index (κ2) is 4.83. The van der Waals surface area contributed by atoms with Crippen LogP contribution in [0.25, 0.3) is 0 Å². The van der Waals surface area contributed by atoms with E-state index in [1.54, 1.807) is 0 Å². The molecule has 2 atom stereocenters. The lowest BCUT2D eigenvalue weighted by atomic mass is 9.94. The number of aromatic nitrogens is 1. The van der Waals surface area contributed by atoms with Gasteiger partial charge in [0.25, 0.3) is 0 Å². The van der Waals surface area contributed by atoms with E-state index in [-0.39, 0.29) is 0 Å². The molecule has 3 nitrogen and oxygen atoms in total. The molecule has 0 aromatic carbocycles. The van der Waals surface area contributed by atoms with Crippen LogP contribution in [0.5, 0.6) is 0 Å². The highest BCUT2D eigenvalue weighted by molar-refractivity contribution is 5.44. The SMILES string of the molecule is Cc1cc(NC2CCN(C)CC2C)ccn1. The summed E-state index contributed by atoms with van der Waals surface area (Å²) in [7, 11) is 2.20. The lowest BCUT2D eigenvalue weighted by Crippen LogP contribution is -2.43. The molecule has 2 heterocycles. The van der Waals surface area contributed by atoms with Gasteiger partial charge in [-0.1, -0.05) is 6.92 Å². The summed E-state index contributed by atoms with van der Waals surface area (Å²) in [6, 6.07) is 4.77. The number of anilines is 1. The molecular weight excluding hydrogens is 198 g/mol. The molecular formula is C13H21N3. The van der Waals surface area contributed by atoms with Crippen LogP contribution in [0.1, 0.15) is 19.0 Å². The molecule has 0 aliphatic carbocycles. The number of nitrogens with zero attached hydrogens (tertiary/aromatic N) is 2. The fourth-order valence-electron chi connectivity index (χ4n) is 2.42. The van der Waals surface area contributed by atoms with Gasteiger partial charge in [-0.25, -0.2) is 0 Å². The van der Waals surface area contributed by atoms with E-state index >= 15 is 0 Å². The Bertz CT molecular complexity index is 351. The van der Waals surface area contributed by atoms with Gasteiger partial charge in [-0.05, 0) is 45.0 Å². The molecule has 3 heteroatoms. The van der Waals surface area contributed by atoms with Crippen molar-refractivity contribution in [1.82, 2.24) is 9.88 Å². The molecule has 1 aliphatic heterocycles. The van der Waals surface area contributed by atoms with Gasteiger partial charge in [-0.2, -0.15) is 0 Å². The third-order valence-electron chi connectivity index (χ3n) is 3.36. The maximum absolute atomic E-state index is 4.22. The van der Waals surface area contributed by atoms with Crippen LogP contribution in [-0.2, 0) is 0 Å². The van der Waals surface area contributed by atoms with Crippen molar-refractivity contribution in [2.45, 2.75) is 26.3 Å². The number of nitrogens with one attached hydrogen (secondary N) is 1. The maximum atomic E-state index is 4.22. The second-order valence-corrected chi connectivity index (χ2v) is 4.96. The second-order valence-electron chi connectivity index (χ2n) is 4.96. The zero-order valence-electron chi connectivity index (χ0n) is 10.4. The smallest absolute Gasteiger partial charge is 0.0393 e. The Morgan fingerprint density at radius 3 is 3.00 bits per heavy atom. The predicted molar refractivity (Wildman–Crippen MR) is 67.7 cm³/mol. The lowest BCUT2D eigenvalue weighted by molar-refractivity contribution is 0.206. The van der Waals surface area contributed by atoms with E-state index < -0.39 is 0 Å². The van der Waals surface area contributed by atoms with Gasteiger partial charge in [0.15, 0.2) is 0 Å². The van der Waals surface area contributed by atoms with Crippen LogP contribution in [0.2, 0.25) is 0 Å². The quantitative estimate of drug-likeness (QED) is 0.826. The summed E-state index contributed by atoms with van der Waals surface area (Å²) in [4.78, 5) is 6.62. The van der Waals surface area contributed by atoms with Crippen LogP contribution in [0, 0.1) is 12.8 Å². The summed E-state index contributed by atoms with van der Waals surface area (Å²) in [5, 5.41) is 3.63. The summed E-state index contributed by atoms with van der Waals surface area (Å²) in [5.41, 5.74) is 2.28. The molecule has 0 bridgehead atoms. The summed E-state index contributed by atoms with van der Waals surface area (Å²) in [6.07, 6.45) is 3.09. The van der Waals surface area contributed by atoms with Gasteiger partial charge >= 0.3 is 0 Å². The first kappa shape index (κ1) is 11.4. The molecule has 16 heavy (non-hydrogen) atoms. The van der Waals surface area contributed by atoms with E-state index in [0.29, 0.717) is 12.0 Å². The molecule has 0 radical (unpaired) electrons. The van der Waals surface area contributed by atoms with Crippen molar-refractivity contribution in [3.8, 4) is 0 Å². The third-order valence-corrected chi connectivity index (χ3v) is 3.36. The van der Waals surface area contributed by atoms with Gasteiger partial charge < -0.3 is 10.2 Å². The van der Waals surface area contributed by atoms with Gasteiger partial charge in [0.05, 0.1) is 0 Å². The Balaban J connectivity index is 1.99. The van der Waals surface area contributed by atoms with Crippen molar-refractivity contribution in [1.29, 1.82) is 0 Å². The minimum atomic E-state index is 0.595. The lowest BCUT2D eigenvalue weighted by Gasteiger charge is -2.35. The zero-order chi connectivity index (χ0) is 11.5. The van der Waals surface area contributed by atoms with E-state index in [4.69, 9.17) is 0 Å². The molecule has 1 saturated heterocycles. The molecule has 1 aliphatic rings. The summed E-state index contributed by atoms with van der Waals surface area (Å²) < 4.78 is 0. The minimum absolute atomic E-state index is 0.595. The number of piperidine rings is 1. The standard InChI is InChI=1S/C13H21N3/c1-10-9-16(3)7-5-13(10)15-12-4-6-14-11(2)8-12/h4,6,8,10,13H,5,7,9H2,1-3H3,(H,14,15). The van der Waals surface area contributed by atoms with Crippen LogP contribution < -0.4 is 5.32 Å². The number of likely N-dealkylation sites (tertiary alicyclic amines) is 1. The number of hydrogen-bond acceptors (Lipinski definition) is 3. The minimum Gasteiger partial charge on any atom is -0.382 e. The monoisotopic (exact) mass is 219 g/mol. The van der Waals surface area contributed by atoms with Crippen molar-refractivity contribution < 1.29 is 0 Å². The normalized spacial score (nSPS) is 26.7. The van der Waals surface area contributed by atoms with Gasteiger partial charge in [0.1, 0.15) is 0 Å². The summed E-state index contributed by atoms with van der Waals surface area (Å²) in [5.74, 6) is 0.701. The molecule has 1 fully saturated rings. The predicted octanol–water partition coefficient (Wildman–Crippen LogP) is 2.14. The third kappa shape index (κ3) is 2.73. The summed E-state index contributed by atoms with van der Waals surface area (Å²) in [6.45, 7) is 6.72. The molecule has 1 N–H and O–H groups in total. The fourth-order valence-corrected chi connectivity index (χ4v) is 2.42. The molecule has 0 saturated carbocycles. The fraction of sp³-hybridized carbons (Fsp3) is 0.615. The van der Waals surface area contributed by atoms with Crippen LogP contribution in [0.15, 0.2) is 18.3 Å². The average molecular weight is 219 g/mol. The molecule has 1 aromatic rings. The van der Waals surface area contributed by atoms with Crippen molar-refractivity contribution in [3.63, 3.8) is 0 Å². The highest BCUT2D eigenvalue weighted by Gasteiger charge is 2.23. The van der Waals surface area contributed by atoms with Gasteiger partial charge in [-0.3, -0.25) is 4.98 Å².